The van der Waals surface area contributed by atoms with E-state index in [2.05, 4.69) is 15.6 Å². The van der Waals surface area contributed by atoms with Crippen LogP contribution in [0.5, 0.6) is 0 Å². The predicted octanol–water partition coefficient (Wildman–Crippen LogP) is 4.05. The quantitative estimate of drug-likeness (QED) is 0.356. The van der Waals surface area contributed by atoms with Gasteiger partial charge in [0, 0.05) is 24.7 Å². The summed E-state index contributed by atoms with van der Waals surface area (Å²) < 4.78 is 13.1. The van der Waals surface area contributed by atoms with Crippen LogP contribution in [0.2, 0.25) is 5.02 Å². The summed E-state index contributed by atoms with van der Waals surface area (Å²) in [5.74, 6) is 0.320. The Hall–Kier alpha value is -3.69. The number of amides is 2. The summed E-state index contributed by atoms with van der Waals surface area (Å²) in [5.41, 5.74) is 2.11. The zero-order chi connectivity index (χ0) is 25.8. The Morgan fingerprint density at radius 1 is 1.16 bits per heavy atom. The van der Waals surface area contributed by atoms with Gasteiger partial charge in [0.1, 0.15) is 23.6 Å². The summed E-state index contributed by atoms with van der Waals surface area (Å²) in [7, 11) is 0. The van der Waals surface area contributed by atoms with Crippen LogP contribution in [0.1, 0.15) is 36.0 Å². The van der Waals surface area contributed by atoms with Crippen molar-refractivity contribution in [2.24, 2.45) is 0 Å². The Balaban J connectivity index is 1.49. The van der Waals surface area contributed by atoms with Crippen molar-refractivity contribution < 1.29 is 18.7 Å². The summed E-state index contributed by atoms with van der Waals surface area (Å²) in [5, 5.41) is 11.8. The molecule has 0 spiro atoms. The van der Waals surface area contributed by atoms with Crippen molar-refractivity contribution in [1.29, 1.82) is 0 Å². The normalized spacial score (nSPS) is 16.1. The zero-order valence-electron chi connectivity index (χ0n) is 20.5. The Morgan fingerprint density at radius 3 is 2.73 bits per heavy atom. The molecule has 1 saturated heterocycles. The van der Waals surface area contributed by atoms with E-state index in [1.54, 1.807) is 25.1 Å². The van der Waals surface area contributed by atoms with E-state index in [9.17, 15) is 9.59 Å². The van der Waals surface area contributed by atoms with Crippen LogP contribution >= 0.6 is 11.6 Å². The Labute approximate surface area is 219 Å². The first-order chi connectivity index (χ1) is 18.0. The molecule has 9 nitrogen and oxygen atoms in total. The number of aromatic nitrogens is 3. The molecule has 1 aliphatic rings. The van der Waals surface area contributed by atoms with Crippen molar-refractivity contribution in [3.63, 3.8) is 0 Å². The molecule has 0 aliphatic carbocycles. The Bertz CT molecular complexity index is 1390. The minimum Gasteiger partial charge on any atom is -0.464 e. The molecule has 1 aliphatic heterocycles. The van der Waals surface area contributed by atoms with Gasteiger partial charge >= 0.3 is 0 Å². The number of halogens is 1. The summed E-state index contributed by atoms with van der Waals surface area (Å²) >= 11 is 6.47. The maximum Gasteiger partial charge on any atom is 0.250 e. The van der Waals surface area contributed by atoms with E-state index in [1.165, 1.54) is 9.58 Å². The highest BCUT2D eigenvalue weighted by atomic mass is 35.5. The van der Waals surface area contributed by atoms with Gasteiger partial charge in [-0.25, -0.2) is 4.68 Å². The number of carbonyl (C=O) groups excluding carboxylic acids is 2. The summed E-state index contributed by atoms with van der Waals surface area (Å²) in [4.78, 5) is 29.0. The number of benzene rings is 2. The van der Waals surface area contributed by atoms with Crippen LogP contribution in [0.25, 0.3) is 11.0 Å². The molecule has 1 fully saturated rings. The lowest BCUT2D eigenvalue weighted by Crippen LogP contribution is -2.46. The van der Waals surface area contributed by atoms with E-state index < -0.39 is 6.04 Å². The molecular weight excluding hydrogens is 494 g/mol. The van der Waals surface area contributed by atoms with Gasteiger partial charge in [0.05, 0.1) is 11.6 Å². The average Bonchev–Trinajstić information content (AvgIpc) is 3.66. The number of hydrogen-bond donors (Lipinski definition) is 1. The fourth-order valence-electron chi connectivity index (χ4n) is 4.53. The van der Waals surface area contributed by atoms with Crippen LogP contribution in [-0.2, 0) is 27.4 Å². The van der Waals surface area contributed by atoms with Gasteiger partial charge in [0.25, 0.3) is 5.91 Å². The maximum absolute atomic E-state index is 13.9. The van der Waals surface area contributed by atoms with E-state index in [4.69, 9.17) is 20.8 Å². The van der Waals surface area contributed by atoms with Crippen molar-refractivity contribution in [3.8, 4) is 0 Å². The molecule has 192 valence electrons. The van der Waals surface area contributed by atoms with Crippen molar-refractivity contribution in [2.45, 2.75) is 45.0 Å². The maximum atomic E-state index is 13.9. The number of ether oxygens (including phenoxy) is 1. The van der Waals surface area contributed by atoms with Crippen molar-refractivity contribution in [1.82, 2.24) is 25.2 Å². The molecule has 1 N–H and O–H groups in total. The fraction of sp³-hybridized carbons (Fsp3) is 0.333. The third-order valence-corrected chi connectivity index (χ3v) is 6.81. The van der Waals surface area contributed by atoms with Gasteiger partial charge in [-0.15, -0.1) is 5.10 Å². The molecule has 2 atom stereocenters. The van der Waals surface area contributed by atoms with Crippen LogP contribution in [0.15, 0.2) is 65.1 Å². The molecule has 2 aromatic heterocycles. The zero-order valence-corrected chi connectivity index (χ0v) is 21.2. The van der Waals surface area contributed by atoms with Crippen molar-refractivity contribution >= 4 is 34.4 Å². The number of nitrogens with one attached hydrogen (secondary N) is 1. The van der Waals surface area contributed by atoms with Crippen LogP contribution in [0, 0.1) is 6.92 Å². The lowest BCUT2D eigenvalue weighted by atomic mass is 10.1. The highest BCUT2D eigenvalue weighted by molar-refractivity contribution is 6.31. The van der Waals surface area contributed by atoms with Gasteiger partial charge in [-0.3, -0.25) is 9.59 Å². The van der Waals surface area contributed by atoms with Gasteiger partial charge in [0.2, 0.25) is 5.91 Å². The van der Waals surface area contributed by atoms with Gasteiger partial charge in [0.15, 0.2) is 6.04 Å². The monoisotopic (exact) mass is 521 g/mol. The summed E-state index contributed by atoms with van der Waals surface area (Å²) in [6.07, 6.45) is 1.80. The molecule has 0 bridgehead atoms. The topological polar surface area (TPSA) is 102 Å². The number of hydrogen-bond acceptors (Lipinski definition) is 6. The standard InChI is InChI=1S/C27H28ClN5O4/c1-18-12-13-24(37-18)26(27(35)29-15-20-8-6-14-36-20)32(16-19-7-2-3-9-21(19)28)25(34)17-33-23-11-5-4-10-22(23)30-31-33/h2-5,7,9-13,20,26H,6,8,14-17H2,1H3,(H,29,35)/t20-,26-/m0/s1. The van der Waals surface area contributed by atoms with Gasteiger partial charge < -0.3 is 19.4 Å². The second-order valence-electron chi connectivity index (χ2n) is 9.08. The van der Waals surface area contributed by atoms with Crippen LogP contribution in [-0.4, -0.2) is 51.0 Å². The molecule has 3 heterocycles. The molecule has 0 saturated carbocycles. The van der Waals surface area contributed by atoms with Crippen LogP contribution < -0.4 is 5.32 Å². The largest absolute Gasteiger partial charge is 0.464 e. The number of furan rings is 1. The first-order valence-corrected chi connectivity index (χ1v) is 12.6. The molecule has 0 radical (unpaired) electrons. The molecule has 0 unspecified atom stereocenters. The van der Waals surface area contributed by atoms with E-state index in [1.807, 2.05) is 42.5 Å². The molecule has 37 heavy (non-hydrogen) atoms. The van der Waals surface area contributed by atoms with E-state index in [0.29, 0.717) is 40.8 Å². The number of carbonyl (C=O) groups is 2. The summed E-state index contributed by atoms with van der Waals surface area (Å²) in [6, 6.07) is 17.1. The minimum atomic E-state index is -1.02. The molecule has 4 aromatic rings. The van der Waals surface area contributed by atoms with Gasteiger partial charge in [-0.1, -0.05) is 47.1 Å². The second kappa shape index (κ2) is 11.1. The molecule has 5 rings (SSSR count). The Morgan fingerprint density at radius 2 is 1.97 bits per heavy atom. The highest BCUT2D eigenvalue weighted by Crippen LogP contribution is 2.28. The van der Waals surface area contributed by atoms with Crippen LogP contribution in [0.3, 0.4) is 0 Å². The molecule has 2 aromatic carbocycles. The molecule has 2 amide bonds. The molecule has 10 heteroatoms. The number of nitrogens with zero attached hydrogens (tertiary/aromatic N) is 4. The van der Waals surface area contributed by atoms with E-state index in [-0.39, 0.29) is 31.0 Å². The lowest BCUT2D eigenvalue weighted by Gasteiger charge is -2.30. The number of fused-ring (bicyclic) bond motifs is 1. The van der Waals surface area contributed by atoms with Gasteiger partial charge in [-0.05, 0) is 55.7 Å². The number of rotatable bonds is 9. The van der Waals surface area contributed by atoms with Crippen LogP contribution in [0.4, 0.5) is 0 Å². The van der Waals surface area contributed by atoms with Crippen molar-refractivity contribution in [3.05, 3.63) is 82.8 Å². The fourth-order valence-corrected chi connectivity index (χ4v) is 4.72. The minimum absolute atomic E-state index is 0.0443. The van der Waals surface area contributed by atoms with Gasteiger partial charge in [-0.2, -0.15) is 0 Å². The van der Waals surface area contributed by atoms with Crippen molar-refractivity contribution in [2.75, 3.05) is 13.2 Å². The predicted molar refractivity (Wildman–Crippen MR) is 138 cm³/mol. The molecular formula is C27H28ClN5O4. The third kappa shape index (κ3) is 5.68. The lowest BCUT2D eigenvalue weighted by molar-refractivity contribution is -0.143. The Kier molecular flexibility index (Phi) is 7.52. The summed E-state index contributed by atoms with van der Waals surface area (Å²) in [6.45, 7) is 2.83. The third-order valence-electron chi connectivity index (χ3n) is 6.44. The van der Waals surface area contributed by atoms with E-state index >= 15 is 0 Å². The highest BCUT2D eigenvalue weighted by Gasteiger charge is 2.35. The average molecular weight is 522 g/mol. The first-order valence-electron chi connectivity index (χ1n) is 12.3. The second-order valence-corrected chi connectivity index (χ2v) is 9.49. The number of aryl methyl sites for hydroxylation is 1. The number of para-hydroxylation sites is 1. The smallest absolute Gasteiger partial charge is 0.250 e. The first kappa shape index (κ1) is 25.0. The van der Waals surface area contributed by atoms with E-state index in [0.717, 1.165) is 18.4 Å². The SMILES string of the molecule is Cc1ccc([C@@H](C(=O)NC[C@@H]2CCCO2)N(Cc2ccccc2Cl)C(=O)Cn2nnc3ccccc32)o1.